The molecular weight excluding hydrogens is 368 g/mol. The Morgan fingerprint density at radius 2 is 1.86 bits per heavy atom. The van der Waals surface area contributed by atoms with Gasteiger partial charge in [-0.15, -0.1) is 11.3 Å². The summed E-state index contributed by atoms with van der Waals surface area (Å²) in [7, 11) is 0. The third-order valence-electron chi connectivity index (χ3n) is 4.75. The number of nitrogens with zero attached hydrogens (tertiary/aromatic N) is 1. The SMILES string of the molecule is O=C(NCCc1cscn1)c1ccc2cc(-c3ccccc3CO)ccc2c1. The Balaban J connectivity index is 1.52. The van der Waals surface area contributed by atoms with Gasteiger partial charge in [0.2, 0.25) is 0 Å². The first-order valence-electron chi connectivity index (χ1n) is 9.13. The van der Waals surface area contributed by atoms with Gasteiger partial charge in [-0.2, -0.15) is 0 Å². The van der Waals surface area contributed by atoms with Crippen LogP contribution < -0.4 is 5.32 Å². The second-order valence-corrected chi connectivity index (χ2v) is 7.30. The molecule has 0 spiro atoms. The van der Waals surface area contributed by atoms with E-state index in [0.29, 0.717) is 12.1 Å². The number of hydrogen-bond acceptors (Lipinski definition) is 4. The van der Waals surface area contributed by atoms with Gasteiger partial charge in [-0.3, -0.25) is 4.79 Å². The highest BCUT2D eigenvalue weighted by Crippen LogP contribution is 2.28. The number of hydrogen-bond donors (Lipinski definition) is 2. The molecule has 4 nitrogen and oxygen atoms in total. The van der Waals surface area contributed by atoms with Crippen molar-refractivity contribution in [2.75, 3.05) is 6.54 Å². The van der Waals surface area contributed by atoms with Gasteiger partial charge in [0.1, 0.15) is 0 Å². The number of fused-ring (bicyclic) bond motifs is 1. The lowest BCUT2D eigenvalue weighted by Crippen LogP contribution is -2.25. The summed E-state index contributed by atoms with van der Waals surface area (Å²) in [5.41, 5.74) is 6.42. The van der Waals surface area contributed by atoms with Crippen LogP contribution in [0.2, 0.25) is 0 Å². The monoisotopic (exact) mass is 388 g/mol. The van der Waals surface area contributed by atoms with Gasteiger partial charge in [-0.1, -0.05) is 42.5 Å². The average molecular weight is 388 g/mol. The van der Waals surface area contributed by atoms with Gasteiger partial charge in [-0.05, 0) is 45.7 Å². The van der Waals surface area contributed by atoms with E-state index >= 15 is 0 Å². The first-order valence-corrected chi connectivity index (χ1v) is 10.1. The van der Waals surface area contributed by atoms with Crippen molar-refractivity contribution < 1.29 is 9.90 Å². The zero-order valence-corrected chi connectivity index (χ0v) is 16.1. The molecule has 4 aromatic rings. The van der Waals surface area contributed by atoms with E-state index in [1.54, 1.807) is 16.8 Å². The molecular formula is C23H20N2O2S. The molecule has 2 N–H and O–H groups in total. The molecule has 0 radical (unpaired) electrons. The lowest BCUT2D eigenvalue weighted by atomic mass is 9.96. The van der Waals surface area contributed by atoms with Crippen LogP contribution in [0.15, 0.2) is 71.6 Å². The molecule has 1 aromatic heterocycles. The minimum absolute atomic E-state index is 0.00816. The number of aliphatic hydroxyl groups is 1. The predicted octanol–water partition coefficient (Wildman–Crippen LogP) is 4.43. The highest BCUT2D eigenvalue weighted by Gasteiger charge is 2.08. The fourth-order valence-electron chi connectivity index (χ4n) is 3.26. The summed E-state index contributed by atoms with van der Waals surface area (Å²) >= 11 is 1.56. The van der Waals surface area contributed by atoms with Crippen LogP contribution in [0.4, 0.5) is 0 Å². The third kappa shape index (κ3) is 3.96. The van der Waals surface area contributed by atoms with Crippen LogP contribution >= 0.6 is 11.3 Å². The Kier molecular flexibility index (Phi) is 5.46. The Hall–Kier alpha value is -3.02. The molecule has 0 unspecified atom stereocenters. The Morgan fingerprint density at radius 3 is 2.68 bits per heavy atom. The van der Waals surface area contributed by atoms with Crippen LogP contribution in [-0.2, 0) is 13.0 Å². The van der Waals surface area contributed by atoms with E-state index in [9.17, 15) is 9.90 Å². The highest BCUT2D eigenvalue weighted by molar-refractivity contribution is 7.07. The van der Waals surface area contributed by atoms with Crippen LogP contribution in [-0.4, -0.2) is 22.5 Å². The Labute approximate surface area is 167 Å². The lowest BCUT2D eigenvalue weighted by Gasteiger charge is -2.10. The molecule has 0 bridgehead atoms. The third-order valence-corrected chi connectivity index (χ3v) is 5.39. The van der Waals surface area contributed by atoms with Gasteiger partial charge in [0.25, 0.3) is 5.91 Å². The molecule has 28 heavy (non-hydrogen) atoms. The van der Waals surface area contributed by atoms with Gasteiger partial charge in [0.05, 0.1) is 17.8 Å². The Bertz CT molecular complexity index is 1110. The molecule has 0 aliphatic rings. The summed E-state index contributed by atoms with van der Waals surface area (Å²) in [5.74, 6) is -0.0770. The minimum atomic E-state index is -0.0770. The number of benzene rings is 3. The van der Waals surface area contributed by atoms with E-state index in [0.717, 1.165) is 39.6 Å². The minimum Gasteiger partial charge on any atom is -0.392 e. The number of carbonyl (C=O) groups excluding carboxylic acids is 1. The van der Waals surface area contributed by atoms with Gasteiger partial charge >= 0.3 is 0 Å². The summed E-state index contributed by atoms with van der Waals surface area (Å²) in [6.07, 6.45) is 0.733. The molecule has 0 atom stereocenters. The van der Waals surface area contributed by atoms with Gasteiger partial charge in [-0.25, -0.2) is 4.98 Å². The summed E-state index contributed by atoms with van der Waals surface area (Å²) in [5, 5.41) is 16.6. The number of aromatic nitrogens is 1. The zero-order chi connectivity index (χ0) is 19.3. The normalized spacial score (nSPS) is 10.9. The fraction of sp³-hybridized carbons (Fsp3) is 0.130. The van der Waals surface area contributed by atoms with Crippen LogP contribution in [0.3, 0.4) is 0 Å². The van der Waals surface area contributed by atoms with E-state index in [2.05, 4.69) is 16.4 Å². The number of rotatable bonds is 6. The van der Waals surface area contributed by atoms with E-state index < -0.39 is 0 Å². The molecule has 0 saturated heterocycles. The first kappa shape index (κ1) is 18.3. The van der Waals surface area contributed by atoms with Crippen molar-refractivity contribution in [1.29, 1.82) is 0 Å². The van der Waals surface area contributed by atoms with Crippen LogP contribution in [0.25, 0.3) is 21.9 Å². The van der Waals surface area contributed by atoms with Crippen LogP contribution in [0.1, 0.15) is 21.6 Å². The molecule has 4 rings (SSSR count). The standard InChI is InChI=1S/C23H20N2O2S/c26-13-20-3-1-2-4-22(20)18-7-5-17-12-19(8-6-16(17)11-18)23(27)24-10-9-21-14-28-15-25-21/h1-8,11-12,14-15,26H,9-10,13H2,(H,24,27). The topological polar surface area (TPSA) is 62.2 Å². The lowest BCUT2D eigenvalue weighted by molar-refractivity contribution is 0.0954. The van der Waals surface area contributed by atoms with Crippen molar-refractivity contribution in [2.45, 2.75) is 13.0 Å². The smallest absolute Gasteiger partial charge is 0.251 e. The van der Waals surface area contributed by atoms with Crippen molar-refractivity contribution in [2.24, 2.45) is 0 Å². The summed E-state index contributed by atoms with van der Waals surface area (Å²) < 4.78 is 0. The van der Waals surface area contributed by atoms with Crippen LogP contribution in [0.5, 0.6) is 0 Å². The van der Waals surface area contributed by atoms with Crippen molar-refractivity contribution in [3.8, 4) is 11.1 Å². The molecule has 140 valence electrons. The summed E-state index contributed by atoms with van der Waals surface area (Å²) in [4.78, 5) is 16.7. The highest BCUT2D eigenvalue weighted by atomic mass is 32.1. The van der Waals surface area contributed by atoms with Crippen molar-refractivity contribution in [3.63, 3.8) is 0 Å². The molecule has 3 aromatic carbocycles. The predicted molar refractivity (Wildman–Crippen MR) is 113 cm³/mol. The van der Waals surface area contributed by atoms with Gasteiger partial charge in [0, 0.05) is 23.9 Å². The number of aliphatic hydroxyl groups excluding tert-OH is 1. The average Bonchev–Trinajstić information content (AvgIpc) is 3.26. The molecule has 1 heterocycles. The van der Waals surface area contributed by atoms with Crippen molar-refractivity contribution in [1.82, 2.24) is 10.3 Å². The second-order valence-electron chi connectivity index (χ2n) is 6.58. The van der Waals surface area contributed by atoms with Crippen LogP contribution in [0, 0.1) is 0 Å². The van der Waals surface area contributed by atoms with E-state index in [4.69, 9.17) is 0 Å². The molecule has 1 amide bonds. The second kappa shape index (κ2) is 8.33. The van der Waals surface area contributed by atoms with Gasteiger partial charge < -0.3 is 10.4 Å². The van der Waals surface area contributed by atoms with E-state index in [-0.39, 0.29) is 12.5 Å². The van der Waals surface area contributed by atoms with Crippen molar-refractivity contribution >= 4 is 28.0 Å². The first-order chi connectivity index (χ1) is 13.7. The maximum Gasteiger partial charge on any atom is 0.251 e. The number of thiazole rings is 1. The number of nitrogens with one attached hydrogen (secondary N) is 1. The molecule has 0 aliphatic carbocycles. The molecule has 0 saturated carbocycles. The fourth-order valence-corrected chi connectivity index (χ4v) is 3.85. The molecule has 5 heteroatoms. The summed E-state index contributed by atoms with van der Waals surface area (Å²) in [6, 6.07) is 19.7. The Morgan fingerprint density at radius 1 is 1.04 bits per heavy atom. The van der Waals surface area contributed by atoms with E-state index in [1.165, 1.54) is 0 Å². The quantitative estimate of drug-likeness (QED) is 0.514. The van der Waals surface area contributed by atoms with Crippen molar-refractivity contribution in [3.05, 3.63) is 88.4 Å². The molecule has 0 fully saturated rings. The number of amides is 1. The zero-order valence-electron chi connectivity index (χ0n) is 15.3. The summed E-state index contributed by atoms with van der Waals surface area (Å²) in [6.45, 7) is 0.575. The van der Waals surface area contributed by atoms with Gasteiger partial charge in [0.15, 0.2) is 0 Å². The number of carbonyl (C=O) groups is 1. The maximum absolute atomic E-state index is 12.4. The largest absolute Gasteiger partial charge is 0.392 e. The maximum atomic E-state index is 12.4. The van der Waals surface area contributed by atoms with E-state index in [1.807, 2.05) is 60.0 Å². The molecule has 0 aliphatic heterocycles.